The number of amides is 1. The van der Waals surface area contributed by atoms with Crippen LogP contribution in [0.5, 0.6) is 5.75 Å². The van der Waals surface area contributed by atoms with Gasteiger partial charge in [0.05, 0.1) is 11.3 Å². The third-order valence-corrected chi connectivity index (χ3v) is 4.84. The molecule has 0 fully saturated rings. The van der Waals surface area contributed by atoms with Gasteiger partial charge in [0.1, 0.15) is 17.4 Å². The lowest BCUT2D eigenvalue weighted by Gasteiger charge is -2.07. The fourth-order valence-corrected chi connectivity index (χ4v) is 2.96. The minimum Gasteiger partial charge on any atom is -0.423 e. The van der Waals surface area contributed by atoms with E-state index in [1.165, 1.54) is 6.08 Å². The highest BCUT2D eigenvalue weighted by Crippen LogP contribution is 2.19. The van der Waals surface area contributed by atoms with E-state index in [9.17, 15) is 14.9 Å². The van der Waals surface area contributed by atoms with Gasteiger partial charge in [-0.05, 0) is 70.6 Å². The molecule has 5 nitrogen and oxygen atoms in total. The van der Waals surface area contributed by atoms with E-state index in [1.807, 2.05) is 30.3 Å². The van der Waals surface area contributed by atoms with Crippen molar-refractivity contribution in [1.82, 2.24) is 0 Å². The van der Waals surface area contributed by atoms with Gasteiger partial charge in [-0.2, -0.15) is 5.26 Å². The summed E-state index contributed by atoms with van der Waals surface area (Å²) in [5.74, 6) is -0.572. The summed E-state index contributed by atoms with van der Waals surface area (Å²) < 4.78 is 6.20. The number of carbonyl (C=O) groups excluding carboxylic acids is 2. The molecule has 1 N–H and O–H groups in total. The summed E-state index contributed by atoms with van der Waals surface area (Å²) in [4.78, 5) is 24.5. The molecule has 0 radical (unpaired) electrons. The van der Waals surface area contributed by atoms with Crippen LogP contribution in [0, 0.1) is 14.9 Å². The molecule has 6 heteroatoms. The first-order chi connectivity index (χ1) is 14.1. The molecule has 0 bridgehead atoms. The van der Waals surface area contributed by atoms with E-state index >= 15 is 0 Å². The molecule has 0 spiro atoms. The molecule has 0 saturated heterocycles. The average Bonchev–Trinajstić information content (AvgIpc) is 2.75. The zero-order valence-electron chi connectivity index (χ0n) is 15.1. The van der Waals surface area contributed by atoms with Crippen molar-refractivity contribution in [2.24, 2.45) is 0 Å². The van der Waals surface area contributed by atoms with E-state index in [2.05, 4.69) is 27.9 Å². The van der Waals surface area contributed by atoms with Crippen LogP contribution in [0.3, 0.4) is 0 Å². The van der Waals surface area contributed by atoms with Crippen molar-refractivity contribution in [2.75, 3.05) is 5.32 Å². The second-order valence-corrected chi connectivity index (χ2v) is 7.09. The molecule has 0 aromatic heterocycles. The maximum absolute atomic E-state index is 12.4. The SMILES string of the molecule is N#C/C(=C/c1ccc(OC(=O)c2ccccc2)cc1)C(=O)Nc1ccccc1I. The molecule has 142 valence electrons. The van der Waals surface area contributed by atoms with Crippen LogP contribution in [-0.2, 0) is 4.79 Å². The van der Waals surface area contributed by atoms with Crippen molar-refractivity contribution in [3.05, 3.63) is 99.1 Å². The number of ether oxygens (including phenoxy) is 1. The molecule has 0 atom stereocenters. The van der Waals surface area contributed by atoms with Crippen LogP contribution in [-0.4, -0.2) is 11.9 Å². The Morgan fingerprint density at radius 2 is 1.59 bits per heavy atom. The van der Waals surface area contributed by atoms with Gasteiger partial charge < -0.3 is 10.1 Å². The smallest absolute Gasteiger partial charge is 0.343 e. The molecule has 3 rings (SSSR count). The zero-order chi connectivity index (χ0) is 20.6. The second-order valence-electron chi connectivity index (χ2n) is 5.93. The summed E-state index contributed by atoms with van der Waals surface area (Å²) in [6.45, 7) is 0. The highest BCUT2D eigenvalue weighted by Gasteiger charge is 2.11. The Labute approximate surface area is 181 Å². The highest BCUT2D eigenvalue weighted by molar-refractivity contribution is 14.1. The molecule has 3 aromatic carbocycles. The number of esters is 1. The van der Waals surface area contributed by atoms with Gasteiger partial charge in [-0.15, -0.1) is 0 Å². The van der Waals surface area contributed by atoms with Crippen LogP contribution >= 0.6 is 22.6 Å². The first kappa shape index (κ1) is 20.3. The Kier molecular flexibility index (Phi) is 6.76. The Bertz CT molecular complexity index is 1100. The van der Waals surface area contributed by atoms with Crippen molar-refractivity contribution >= 4 is 46.2 Å². The normalized spacial score (nSPS) is 10.7. The number of nitrogens with one attached hydrogen (secondary N) is 1. The lowest BCUT2D eigenvalue weighted by atomic mass is 10.1. The number of carbonyl (C=O) groups is 2. The standard InChI is InChI=1S/C23H15IN2O3/c24-20-8-4-5-9-21(20)26-22(27)18(15-25)14-16-10-12-19(13-11-16)29-23(28)17-6-2-1-3-7-17/h1-14H,(H,26,27)/b18-14-. The Morgan fingerprint density at radius 1 is 0.931 bits per heavy atom. The molecule has 0 aliphatic heterocycles. The van der Waals surface area contributed by atoms with Gasteiger partial charge in [-0.25, -0.2) is 4.79 Å². The summed E-state index contributed by atoms with van der Waals surface area (Å²) >= 11 is 2.11. The summed E-state index contributed by atoms with van der Waals surface area (Å²) in [5, 5.41) is 12.1. The zero-order valence-corrected chi connectivity index (χ0v) is 17.3. The van der Waals surface area contributed by atoms with Crippen LogP contribution in [0.4, 0.5) is 5.69 Å². The van der Waals surface area contributed by atoms with Gasteiger partial charge in [0.15, 0.2) is 0 Å². The highest BCUT2D eigenvalue weighted by atomic mass is 127. The average molecular weight is 494 g/mol. The predicted octanol–water partition coefficient (Wildman–Crippen LogP) is 5.06. The van der Waals surface area contributed by atoms with E-state index in [-0.39, 0.29) is 5.57 Å². The Morgan fingerprint density at radius 3 is 2.24 bits per heavy atom. The predicted molar refractivity (Wildman–Crippen MR) is 119 cm³/mol. The topological polar surface area (TPSA) is 79.2 Å². The number of hydrogen-bond donors (Lipinski definition) is 1. The monoisotopic (exact) mass is 494 g/mol. The minimum atomic E-state index is -0.490. The number of benzene rings is 3. The van der Waals surface area contributed by atoms with Gasteiger partial charge in [0, 0.05) is 3.57 Å². The molecule has 0 aliphatic rings. The van der Waals surface area contributed by atoms with Crippen LogP contribution < -0.4 is 10.1 Å². The van der Waals surface area contributed by atoms with Gasteiger partial charge in [0.2, 0.25) is 0 Å². The molecule has 0 heterocycles. The van der Waals surface area contributed by atoms with Crippen LogP contribution in [0.15, 0.2) is 84.4 Å². The third-order valence-electron chi connectivity index (χ3n) is 3.90. The number of hydrogen-bond acceptors (Lipinski definition) is 4. The van der Waals surface area contributed by atoms with E-state index in [1.54, 1.807) is 54.6 Å². The Hall–Kier alpha value is -3.44. The van der Waals surface area contributed by atoms with Crippen molar-refractivity contribution in [3.63, 3.8) is 0 Å². The maximum Gasteiger partial charge on any atom is 0.343 e. The van der Waals surface area contributed by atoms with Crippen molar-refractivity contribution in [2.45, 2.75) is 0 Å². The van der Waals surface area contributed by atoms with Gasteiger partial charge >= 0.3 is 5.97 Å². The van der Waals surface area contributed by atoms with Crippen LogP contribution in [0.1, 0.15) is 15.9 Å². The van der Waals surface area contributed by atoms with Crippen LogP contribution in [0.25, 0.3) is 6.08 Å². The van der Waals surface area contributed by atoms with E-state index in [0.717, 1.165) is 3.57 Å². The fraction of sp³-hybridized carbons (Fsp3) is 0. The Balaban J connectivity index is 1.70. The summed E-state index contributed by atoms with van der Waals surface area (Å²) in [7, 11) is 0. The molecule has 0 saturated carbocycles. The number of halogens is 1. The van der Waals surface area contributed by atoms with Gasteiger partial charge in [0.25, 0.3) is 5.91 Å². The number of nitrogens with zero attached hydrogens (tertiary/aromatic N) is 1. The number of rotatable bonds is 5. The molecular weight excluding hydrogens is 479 g/mol. The first-order valence-corrected chi connectivity index (χ1v) is 9.69. The molecule has 1 amide bonds. The molecule has 29 heavy (non-hydrogen) atoms. The number of para-hydroxylation sites is 1. The molecular formula is C23H15IN2O3. The maximum atomic E-state index is 12.4. The summed E-state index contributed by atoms with van der Waals surface area (Å²) in [5.41, 5.74) is 1.70. The third kappa shape index (κ3) is 5.53. The fourth-order valence-electron chi connectivity index (χ4n) is 2.44. The van der Waals surface area contributed by atoms with Crippen molar-refractivity contribution < 1.29 is 14.3 Å². The number of anilines is 1. The second kappa shape index (κ2) is 9.66. The lowest BCUT2D eigenvalue weighted by Crippen LogP contribution is -2.14. The van der Waals surface area contributed by atoms with Crippen molar-refractivity contribution in [3.8, 4) is 11.8 Å². The van der Waals surface area contributed by atoms with Crippen LogP contribution in [0.2, 0.25) is 0 Å². The van der Waals surface area contributed by atoms with E-state index in [0.29, 0.717) is 22.6 Å². The minimum absolute atomic E-state index is 0.0290. The van der Waals surface area contributed by atoms with E-state index in [4.69, 9.17) is 4.74 Å². The van der Waals surface area contributed by atoms with Crippen molar-refractivity contribution in [1.29, 1.82) is 5.26 Å². The molecule has 0 aliphatic carbocycles. The van der Waals surface area contributed by atoms with E-state index < -0.39 is 11.9 Å². The lowest BCUT2D eigenvalue weighted by molar-refractivity contribution is -0.112. The summed E-state index contributed by atoms with van der Waals surface area (Å²) in [6.07, 6.45) is 1.48. The first-order valence-electron chi connectivity index (χ1n) is 8.62. The van der Waals surface area contributed by atoms with Gasteiger partial charge in [-0.1, -0.05) is 42.5 Å². The van der Waals surface area contributed by atoms with Gasteiger partial charge in [-0.3, -0.25) is 4.79 Å². The largest absolute Gasteiger partial charge is 0.423 e. The number of nitriles is 1. The molecule has 0 unspecified atom stereocenters. The summed E-state index contributed by atoms with van der Waals surface area (Å²) in [6, 6.07) is 24.5. The molecule has 3 aromatic rings. The quantitative estimate of drug-likeness (QED) is 0.177.